The summed E-state index contributed by atoms with van der Waals surface area (Å²) in [7, 11) is -0.736. The molecular weight excluding hydrogens is 164 g/mol. The Bertz CT molecular complexity index is 230. The Balaban J connectivity index is 2.52. The van der Waals surface area contributed by atoms with E-state index in [-0.39, 0.29) is 0 Å². The predicted octanol–water partition coefficient (Wildman–Crippen LogP) is 2.06. The van der Waals surface area contributed by atoms with Crippen molar-refractivity contribution in [2.45, 2.75) is 39.3 Å². The van der Waals surface area contributed by atoms with E-state index in [0.29, 0.717) is 0 Å². The molecule has 3 heteroatoms. The van der Waals surface area contributed by atoms with Crippen LogP contribution >= 0.6 is 0 Å². The first-order valence-corrected chi connectivity index (χ1v) is 7.60. The van der Waals surface area contributed by atoms with Gasteiger partial charge in [0.25, 0.3) is 0 Å². The fraction of sp³-hybridized carbons (Fsp3) is 0.667. The Hall–Kier alpha value is -0.573. The summed E-state index contributed by atoms with van der Waals surface area (Å²) in [6.45, 7) is 6.79. The van der Waals surface area contributed by atoms with E-state index in [1.165, 1.54) is 18.5 Å². The van der Waals surface area contributed by atoms with Gasteiger partial charge in [0.2, 0.25) is 0 Å². The second kappa shape index (κ2) is 4.45. The van der Waals surface area contributed by atoms with Crippen LogP contribution in [0.15, 0.2) is 12.3 Å². The zero-order valence-corrected chi connectivity index (χ0v) is 9.40. The van der Waals surface area contributed by atoms with Gasteiger partial charge in [0.1, 0.15) is 0 Å². The minimum atomic E-state index is -0.736. The van der Waals surface area contributed by atoms with E-state index >= 15 is 0 Å². The summed E-state index contributed by atoms with van der Waals surface area (Å²) in [4.78, 5) is 0. The number of hydrogen-bond acceptors (Lipinski definition) is 1. The molecule has 0 radical (unpaired) electrons. The van der Waals surface area contributed by atoms with Gasteiger partial charge in [-0.25, -0.2) is 0 Å². The first-order valence-electron chi connectivity index (χ1n) is 4.78. The highest BCUT2D eigenvalue weighted by Gasteiger charge is 2.01. The van der Waals surface area contributed by atoms with E-state index in [4.69, 9.17) is 0 Å². The number of hydrogen-bond donors (Lipinski definition) is 0. The average molecular weight is 182 g/mol. The molecule has 0 aromatic carbocycles. The summed E-state index contributed by atoms with van der Waals surface area (Å²) in [6, 6.07) is 2.16. The van der Waals surface area contributed by atoms with Crippen LogP contribution in [0.2, 0.25) is 13.1 Å². The SMILES string of the molecule is CCCCc1ccn([SiH](C)C)n1. The Kier molecular flexibility index (Phi) is 3.53. The van der Waals surface area contributed by atoms with Crippen LogP contribution in [0.3, 0.4) is 0 Å². The molecule has 0 atom stereocenters. The van der Waals surface area contributed by atoms with Crippen LogP contribution in [0.4, 0.5) is 0 Å². The molecule has 0 aliphatic heterocycles. The van der Waals surface area contributed by atoms with Gasteiger partial charge in [0, 0.05) is 6.20 Å². The van der Waals surface area contributed by atoms with Gasteiger partial charge in [-0.15, -0.1) is 0 Å². The number of nitrogens with zero attached hydrogens (tertiary/aromatic N) is 2. The van der Waals surface area contributed by atoms with Crippen molar-refractivity contribution in [1.29, 1.82) is 0 Å². The first kappa shape index (κ1) is 9.51. The zero-order valence-electron chi connectivity index (χ0n) is 8.25. The van der Waals surface area contributed by atoms with Crippen LogP contribution in [0.5, 0.6) is 0 Å². The van der Waals surface area contributed by atoms with Gasteiger partial charge < -0.3 is 4.35 Å². The van der Waals surface area contributed by atoms with Crippen LogP contribution in [0, 0.1) is 0 Å². The molecule has 0 fully saturated rings. The quantitative estimate of drug-likeness (QED) is 0.652. The molecule has 1 aromatic rings. The number of aryl methyl sites for hydroxylation is 1. The molecule has 0 unspecified atom stereocenters. The molecule has 12 heavy (non-hydrogen) atoms. The molecule has 0 aliphatic rings. The number of rotatable bonds is 4. The molecular formula is C9H18N2Si. The van der Waals surface area contributed by atoms with Crippen LogP contribution in [-0.2, 0) is 6.42 Å². The van der Waals surface area contributed by atoms with Crippen molar-refractivity contribution < 1.29 is 0 Å². The molecule has 1 rings (SSSR count). The van der Waals surface area contributed by atoms with Crippen LogP contribution in [0.25, 0.3) is 0 Å². The molecule has 68 valence electrons. The van der Waals surface area contributed by atoms with Gasteiger partial charge >= 0.3 is 0 Å². The molecule has 1 heterocycles. The summed E-state index contributed by atoms with van der Waals surface area (Å²) >= 11 is 0. The second-order valence-electron chi connectivity index (χ2n) is 3.48. The van der Waals surface area contributed by atoms with Crippen molar-refractivity contribution in [3.05, 3.63) is 18.0 Å². The average Bonchev–Trinajstić information content (AvgIpc) is 2.48. The highest BCUT2D eigenvalue weighted by atomic mass is 28.3. The molecule has 0 saturated heterocycles. The van der Waals surface area contributed by atoms with Crippen molar-refractivity contribution in [1.82, 2.24) is 9.45 Å². The topological polar surface area (TPSA) is 17.8 Å². The van der Waals surface area contributed by atoms with Crippen molar-refractivity contribution in [3.63, 3.8) is 0 Å². The maximum atomic E-state index is 4.53. The zero-order chi connectivity index (χ0) is 8.97. The standard InChI is InChI=1S/C9H18N2Si/c1-4-5-6-9-7-8-11(10-9)12(2)3/h7-8,12H,4-6H2,1-3H3. The van der Waals surface area contributed by atoms with Gasteiger partial charge in [-0.05, 0) is 18.9 Å². The van der Waals surface area contributed by atoms with Crippen molar-refractivity contribution >= 4 is 8.96 Å². The van der Waals surface area contributed by atoms with Crippen LogP contribution < -0.4 is 0 Å². The molecule has 0 amide bonds. The third-order valence-electron chi connectivity index (χ3n) is 1.98. The molecule has 0 aliphatic carbocycles. The fourth-order valence-corrected chi connectivity index (χ4v) is 1.97. The van der Waals surface area contributed by atoms with E-state index < -0.39 is 8.96 Å². The van der Waals surface area contributed by atoms with Gasteiger partial charge in [-0.3, -0.25) is 0 Å². The monoisotopic (exact) mass is 182 g/mol. The van der Waals surface area contributed by atoms with E-state index in [1.54, 1.807) is 0 Å². The van der Waals surface area contributed by atoms with Gasteiger partial charge in [0.05, 0.1) is 5.69 Å². The first-order chi connectivity index (χ1) is 5.74. The maximum absolute atomic E-state index is 4.53. The fourth-order valence-electron chi connectivity index (χ4n) is 1.16. The van der Waals surface area contributed by atoms with E-state index in [1.807, 2.05) is 0 Å². The van der Waals surface area contributed by atoms with E-state index in [0.717, 1.165) is 6.42 Å². The summed E-state index contributed by atoms with van der Waals surface area (Å²) in [6.07, 6.45) is 5.79. The maximum Gasteiger partial charge on any atom is 0.163 e. The third-order valence-corrected chi connectivity index (χ3v) is 3.32. The van der Waals surface area contributed by atoms with Crippen molar-refractivity contribution in [3.8, 4) is 0 Å². The Labute approximate surface area is 76.3 Å². The lowest BCUT2D eigenvalue weighted by Crippen LogP contribution is -2.15. The summed E-state index contributed by atoms with van der Waals surface area (Å²) < 4.78 is 2.16. The predicted molar refractivity (Wildman–Crippen MR) is 55.1 cm³/mol. The second-order valence-corrected chi connectivity index (χ2v) is 6.20. The van der Waals surface area contributed by atoms with Crippen molar-refractivity contribution in [2.24, 2.45) is 0 Å². The highest BCUT2D eigenvalue weighted by molar-refractivity contribution is 6.53. The van der Waals surface area contributed by atoms with Crippen LogP contribution in [0.1, 0.15) is 25.5 Å². The van der Waals surface area contributed by atoms with Gasteiger partial charge in [-0.2, -0.15) is 5.10 Å². The van der Waals surface area contributed by atoms with E-state index in [2.05, 4.69) is 41.7 Å². The molecule has 0 saturated carbocycles. The lowest BCUT2D eigenvalue weighted by Gasteiger charge is -2.01. The lowest BCUT2D eigenvalue weighted by atomic mass is 10.2. The minimum Gasteiger partial charge on any atom is -0.305 e. The Morgan fingerprint density at radius 3 is 2.75 bits per heavy atom. The minimum absolute atomic E-state index is 0.736. The molecule has 0 bridgehead atoms. The Morgan fingerprint density at radius 2 is 2.25 bits per heavy atom. The molecule has 2 nitrogen and oxygen atoms in total. The van der Waals surface area contributed by atoms with Crippen molar-refractivity contribution in [2.75, 3.05) is 0 Å². The number of aromatic nitrogens is 2. The van der Waals surface area contributed by atoms with Crippen LogP contribution in [-0.4, -0.2) is 18.4 Å². The normalized spacial score (nSPS) is 11.0. The third kappa shape index (κ3) is 2.48. The molecule has 0 spiro atoms. The summed E-state index contributed by atoms with van der Waals surface area (Å²) in [5.74, 6) is 0. The Morgan fingerprint density at radius 1 is 1.50 bits per heavy atom. The molecule has 1 aromatic heterocycles. The number of unbranched alkanes of at least 4 members (excludes halogenated alkanes) is 1. The lowest BCUT2D eigenvalue weighted by molar-refractivity contribution is 0.763. The summed E-state index contributed by atoms with van der Waals surface area (Å²) in [5.41, 5.74) is 1.26. The van der Waals surface area contributed by atoms with Gasteiger partial charge in [-0.1, -0.05) is 26.4 Å². The van der Waals surface area contributed by atoms with Gasteiger partial charge in [0.15, 0.2) is 8.96 Å². The van der Waals surface area contributed by atoms with E-state index in [9.17, 15) is 0 Å². The largest absolute Gasteiger partial charge is 0.305 e. The summed E-state index contributed by atoms with van der Waals surface area (Å²) in [5, 5.41) is 4.53. The molecule has 0 N–H and O–H groups in total. The smallest absolute Gasteiger partial charge is 0.163 e. The highest BCUT2D eigenvalue weighted by Crippen LogP contribution is 2.02.